The molecule has 4 aromatic rings. The standard InChI is InChI=1S/C21H16Cl2F3N7O4/c1-37-19(35)18-28-15(29-33(18)13-3-2-8-27-16(13)23)10-32-20(36)31(9-14(34)21(24,25)26)17(30-32)11-4-6-12(22)7-5-11/h2-8,14,34H,9-10H2,1H3. The second-order valence-corrected chi connectivity index (χ2v) is 8.30. The molecule has 3 aromatic heterocycles. The molecule has 1 aromatic carbocycles. The Morgan fingerprint density at radius 3 is 2.49 bits per heavy atom. The van der Waals surface area contributed by atoms with E-state index in [0.29, 0.717) is 9.59 Å². The highest BCUT2D eigenvalue weighted by atomic mass is 35.5. The van der Waals surface area contributed by atoms with Crippen molar-refractivity contribution in [3.8, 4) is 17.1 Å². The molecule has 0 radical (unpaired) electrons. The fourth-order valence-corrected chi connectivity index (χ4v) is 3.61. The third-order valence-corrected chi connectivity index (χ3v) is 5.58. The first-order valence-corrected chi connectivity index (χ1v) is 11.1. The lowest BCUT2D eigenvalue weighted by atomic mass is 10.2. The van der Waals surface area contributed by atoms with E-state index in [0.717, 1.165) is 16.5 Å². The average Bonchev–Trinajstić information content (AvgIpc) is 3.40. The normalized spacial score (nSPS) is 12.5. The van der Waals surface area contributed by atoms with E-state index in [1.54, 1.807) is 6.07 Å². The van der Waals surface area contributed by atoms with E-state index in [-0.39, 0.29) is 33.9 Å². The maximum atomic E-state index is 13.1. The van der Waals surface area contributed by atoms with Gasteiger partial charge in [0.15, 0.2) is 22.9 Å². The predicted octanol–water partition coefficient (Wildman–Crippen LogP) is 2.75. The van der Waals surface area contributed by atoms with Crippen molar-refractivity contribution in [3.05, 3.63) is 74.9 Å². The van der Waals surface area contributed by atoms with Crippen molar-refractivity contribution in [2.24, 2.45) is 0 Å². The Morgan fingerprint density at radius 1 is 1.16 bits per heavy atom. The highest BCUT2D eigenvalue weighted by Gasteiger charge is 2.39. The van der Waals surface area contributed by atoms with Crippen LogP contribution in [0.15, 0.2) is 47.4 Å². The summed E-state index contributed by atoms with van der Waals surface area (Å²) in [5.74, 6) is -1.42. The minimum absolute atomic E-state index is 0.00305. The number of benzene rings is 1. The summed E-state index contributed by atoms with van der Waals surface area (Å²) in [5.41, 5.74) is -0.523. The van der Waals surface area contributed by atoms with Crippen LogP contribution in [0.3, 0.4) is 0 Å². The quantitative estimate of drug-likeness (QED) is 0.271. The minimum Gasteiger partial charge on any atom is -0.463 e. The van der Waals surface area contributed by atoms with Gasteiger partial charge < -0.3 is 9.84 Å². The number of carbonyl (C=O) groups excluding carboxylic acids is 1. The maximum absolute atomic E-state index is 13.1. The Balaban J connectivity index is 1.79. The third kappa shape index (κ3) is 5.50. The van der Waals surface area contributed by atoms with Crippen LogP contribution in [0.5, 0.6) is 0 Å². The van der Waals surface area contributed by atoms with E-state index in [4.69, 9.17) is 27.9 Å². The van der Waals surface area contributed by atoms with Gasteiger partial charge in [0.05, 0.1) is 13.7 Å². The topological polar surface area (TPSA) is 130 Å². The molecule has 0 aliphatic heterocycles. The van der Waals surface area contributed by atoms with Gasteiger partial charge in [-0.1, -0.05) is 23.2 Å². The lowest BCUT2D eigenvalue weighted by Gasteiger charge is -2.15. The molecule has 1 N–H and O–H groups in total. The first kappa shape index (κ1) is 26.3. The summed E-state index contributed by atoms with van der Waals surface area (Å²) in [6, 6.07) is 8.90. The Labute approximate surface area is 215 Å². The second kappa shape index (κ2) is 10.3. The summed E-state index contributed by atoms with van der Waals surface area (Å²) >= 11 is 12.0. The first-order chi connectivity index (χ1) is 17.5. The van der Waals surface area contributed by atoms with E-state index in [9.17, 15) is 27.9 Å². The average molecular weight is 558 g/mol. The lowest BCUT2D eigenvalue weighted by Crippen LogP contribution is -2.37. The molecule has 37 heavy (non-hydrogen) atoms. The number of pyridine rings is 1. The van der Waals surface area contributed by atoms with Gasteiger partial charge in [0.1, 0.15) is 12.2 Å². The highest BCUT2D eigenvalue weighted by molar-refractivity contribution is 6.31. The van der Waals surface area contributed by atoms with Gasteiger partial charge >= 0.3 is 17.8 Å². The van der Waals surface area contributed by atoms with Crippen LogP contribution in [0.25, 0.3) is 17.1 Å². The molecule has 0 aliphatic rings. The number of halogens is 5. The van der Waals surface area contributed by atoms with Gasteiger partial charge in [0.2, 0.25) is 5.82 Å². The Bertz CT molecular complexity index is 1500. The lowest BCUT2D eigenvalue weighted by molar-refractivity contribution is -0.207. The number of methoxy groups -OCH3 is 1. The summed E-state index contributed by atoms with van der Waals surface area (Å²) in [6.45, 7) is -1.55. The number of esters is 1. The third-order valence-electron chi connectivity index (χ3n) is 5.04. The zero-order valence-corrected chi connectivity index (χ0v) is 20.2. The van der Waals surface area contributed by atoms with Crippen molar-refractivity contribution in [1.29, 1.82) is 0 Å². The molecule has 194 valence electrons. The Morgan fingerprint density at radius 2 is 1.86 bits per heavy atom. The Kier molecular flexibility index (Phi) is 7.34. The van der Waals surface area contributed by atoms with Gasteiger partial charge in [0, 0.05) is 16.8 Å². The summed E-state index contributed by atoms with van der Waals surface area (Å²) in [5, 5.41) is 18.3. The number of aliphatic hydroxyl groups is 1. The summed E-state index contributed by atoms with van der Waals surface area (Å²) in [6.07, 6.45) is -6.39. The van der Waals surface area contributed by atoms with E-state index in [1.807, 2.05) is 0 Å². The number of rotatable bonds is 7. The molecule has 0 saturated heterocycles. The van der Waals surface area contributed by atoms with Crippen molar-refractivity contribution in [1.82, 2.24) is 34.1 Å². The van der Waals surface area contributed by atoms with Crippen LogP contribution in [0.2, 0.25) is 10.2 Å². The van der Waals surface area contributed by atoms with Crippen LogP contribution in [0.4, 0.5) is 13.2 Å². The number of carbonyl (C=O) groups is 1. The van der Waals surface area contributed by atoms with Gasteiger partial charge in [-0.15, -0.1) is 10.2 Å². The number of nitrogens with zero attached hydrogens (tertiary/aromatic N) is 7. The fourth-order valence-electron chi connectivity index (χ4n) is 3.28. The van der Waals surface area contributed by atoms with Gasteiger partial charge in [-0.3, -0.25) is 4.57 Å². The van der Waals surface area contributed by atoms with E-state index < -0.39 is 37.0 Å². The van der Waals surface area contributed by atoms with Gasteiger partial charge in [-0.2, -0.15) is 13.2 Å². The number of aromatic nitrogens is 7. The largest absolute Gasteiger partial charge is 0.463 e. The molecule has 0 amide bonds. The molecular weight excluding hydrogens is 542 g/mol. The van der Waals surface area contributed by atoms with E-state index >= 15 is 0 Å². The molecule has 0 saturated carbocycles. The molecule has 11 nitrogen and oxygen atoms in total. The van der Waals surface area contributed by atoms with Crippen molar-refractivity contribution < 1.29 is 27.8 Å². The predicted molar refractivity (Wildman–Crippen MR) is 124 cm³/mol. The SMILES string of the molecule is COC(=O)c1nc(Cn2nc(-c3ccc(Cl)cc3)n(CC(O)C(F)(F)F)c2=O)nn1-c1cccnc1Cl. The van der Waals surface area contributed by atoms with Crippen LogP contribution in [-0.4, -0.2) is 64.6 Å². The molecular formula is C21H16Cl2F3N7O4. The van der Waals surface area contributed by atoms with Crippen LogP contribution in [0.1, 0.15) is 16.4 Å². The monoisotopic (exact) mass is 557 g/mol. The Hall–Kier alpha value is -3.75. The van der Waals surface area contributed by atoms with Gasteiger partial charge in [0.25, 0.3) is 0 Å². The van der Waals surface area contributed by atoms with Crippen LogP contribution < -0.4 is 5.69 Å². The van der Waals surface area contributed by atoms with Crippen molar-refractivity contribution in [2.75, 3.05) is 7.11 Å². The number of hydrogen-bond acceptors (Lipinski definition) is 8. The second-order valence-electron chi connectivity index (χ2n) is 7.51. The highest BCUT2D eigenvalue weighted by Crippen LogP contribution is 2.24. The number of hydrogen-bond donors (Lipinski definition) is 1. The molecule has 0 bridgehead atoms. The molecule has 4 rings (SSSR count). The zero-order valence-electron chi connectivity index (χ0n) is 18.7. The molecule has 3 heterocycles. The van der Waals surface area contributed by atoms with Crippen LogP contribution in [0, 0.1) is 0 Å². The minimum atomic E-state index is -4.97. The van der Waals surface area contributed by atoms with Crippen LogP contribution >= 0.6 is 23.2 Å². The number of aliphatic hydroxyl groups excluding tert-OH is 1. The molecule has 16 heteroatoms. The zero-order chi connectivity index (χ0) is 26.9. The molecule has 0 fully saturated rings. The van der Waals surface area contributed by atoms with Gasteiger partial charge in [-0.05, 0) is 36.4 Å². The molecule has 1 atom stereocenters. The van der Waals surface area contributed by atoms with E-state index in [1.165, 1.54) is 36.5 Å². The summed E-state index contributed by atoms with van der Waals surface area (Å²) in [7, 11) is 1.13. The number of alkyl halides is 3. The van der Waals surface area contributed by atoms with Crippen molar-refractivity contribution in [3.63, 3.8) is 0 Å². The van der Waals surface area contributed by atoms with Crippen LogP contribution in [-0.2, 0) is 17.8 Å². The van der Waals surface area contributed by atoms with Gasteiger partial charge in [-0.25, -0.2) is 28.9 Å². The molecule has 0 aliphatic carbocycles. The summed E-state index contributed by atoms with van der Waals surface area (Å²) < 4.78 is 46.5. The maximum Gasteiger partial charge on any atom is 0.416 e. The number of ether oxygens (including phenoxy) is 1. The molecule has 1 unspecified atom stereocenters. The van der Waals surface area contributed by atoms with Crippen molar-refractivity contribution in [2.45, 2.75) is 25.4 Å². The molecule has 0 spiro atoms. The summed E-state index contributed by atoms with van der Waals surface area (Å²) in [4.78, 5) is 33.4. The smallest absolute Gasteiger partial charge is 0.416 e. The van der Waals surface area contributed by atoms with Crippen molar-refractivity contribution >= 4 is 29.2 Å². The van der Waals surface area contributed by atoms with E-state index in [2.05, 4.69) is 20.2 Å². The first-order valence-electron chi connectivity index (χ1n) is 10.3. The fraction of sp³-hybridized carbons (Fsp3) is 0.238.